The van der Waals surface area contributed by atoms with Crippen LogP contribution >= 0.6 is 0 Å². The van der Waals surface area contributed by atoms with Gasteiger partial charge in [0, 0.05) is 5.92 Å². The molecule has 0 amide bonds. The standard InChI is InChI=1S/C12H19N3O4S/c1-3-4-7(2)19-12(16)10-11(20(13,17)18)9(14-15-10)8-5-6-8/h7-8H,3-6H2,1-2H3,(H,14,15)(H2,13,17,18). The number of carbonyl (C=O) groups is 1. The Morgan fingerprint density at radius 3 is 2.70 bits per heavy atom. The normalized spacial score (nSPS) is 16.9. The molecule has 1 aromatic rings. The largest absolute Gasteiger partial charge is 0.458 e. The van der Waals surface area contributed by atoms with Crippen molar-refractivity contribution in [3.63, 3.8) is 0 Å². The molecule has 1 aliphatic rings. The van der Waals surface area contributed by atoms with Gasteiger partial charge in [0.15, 0.2) is 5.69 Å². The molecule has 1 aromatic heterocycles. The van der Waals surface area contributed by atoms with Crippen molar-refractivity contribution in [1.82, 2.24) is 10.2 Å². The SMILES string of the molecule is CCCC(C)OC(=O)c1n[nH]c(C2CC2)c1S(N)(=O)=O. The molecule has 0 bridgehead atoms. The highest BCUT2D eigenvalue weighted by Gasteiger charge is 2.36. The van der Waals surface area contributed by atoms with Crippen molar-refractivity contribution < 1.29 is 17.9 Å². The van der Waals surface area contributed by atoms with Crippen molar-refractivity contribution in [3.8, 4) is 0 Å². The van der Waals surface area contributed by atoms with Gasteiger partial charge in [-0.1, -0.05) is 13.3 Å². The van der Waals surface area contributed by atoms with Crippen LogP contribution in [0.5, 0.6) is 0 Å². The summed E-state index contributed by atoms with van der Waals surface area (Å²) in [7, 11) is -4.01. The molecular formula is C12H19N3O4S. The molecule has 0 saturated heterocycles. The Morgan fingerprint density at radius 2 is 2.20 bits per heavy atom. The lowest BCUT2D eigenvalue weighted by molar-refractivity contribution is 0.0312. The molecule has 112 valence electrons. The smallest absolute Gasteiger partial charge is 0.360 e. The van der Waals surface area contributed by atoms with Gasteiger partial charge in [0.05, 0.1) is 11.8 Å². The predicted octanol–water partition coefficient (Wildman–Crippen LogP) is 1.28. The number of aromatic nitrogens is 2. The molecular weight excluding hydrogens is 282 g/mol. The van der Waals surface area contributed by atoms with Crippen LogP contribution in [-0.2, 0) is 14.8 Å². The molecule has 0 radical (unpaired) electrons. The number of hydrogen-bond donors (Lipinski definition) is 2. The Labute approximate surface area is 117 Å². The molecule has 1 atom stereocenters. The van der Waals surface area contributed by atoms with Gasteiger partial charge in [-0.15, -0.1) is 0 Å². The zero-order valence-electron chi connectivity index (χ0n) is 11.5. The molecule has 0 aliphatic heterocycles. The average molecular weight is 301 g/mol. The highest BCUT2D eigenvalue weighted by atomic mass is 32.2. The van der Waals surface area contributed by atoms with E-state index in [-0.39, 0.29) is 22.6 Å². The number of primary sulfonamides is 1. The van der Waals surface area contributed by atoms with E-state index in [2.05, 4.69) is 10.2 Å². The first-order valence-corrected chi connectivity index (χ1v) is 8.21. The third-order valence-electron chi connectivity index (χ3n) is 3.21. The summed E-state index contributed by atoms with van der Waals surface area (Å²) in [6.45, 7) is 3.73. The number of nitrogens with zero attached hydrogens (tertiary/aromatic N) is 1. The van der Waals surface area contributed by atoms with Crippen LogP contribution in [-0.4, -0.2) is 30.7 Å². The van der Waals surface area contributed by atoms with Gasteiger partial charge in [-0.05, 0) is 26.2 Å². The number of sulfonamides is 1. The molecule has 1 fully saturated rings. The van der Waals surface area contributed by atoms with Crippen molar-refractivity contribution in [2.75, 3.05) is 0 Å². The van der Waals surface area contributed by atoms with Crippen LogP contribution in [0, 0.1) is 0 Å². The summed E-state index contributed by atoms with van der Waals surface area (Å²) >= 11 is 0. The fraction of sp³-hybridized carbons (Fsp3) is 0.667. The summed E-state index contributed by atoms with van der Waals surface area (Å²) in [6.07, 6.45) is 3.01. The number of hydrogen-bond acceptors (Lipinski definition) is 5. The van der Waals surface area contributed by atoms with Crippen LogP contribution < -0.4 is 5.14 Å². The third-order valence-corrected chi connectivity index (χ3v) is 4.20. The van der Waals surface area contributed by atoms with Gasteiger partial charge < -0.3 is 4.74 Å². The van der Waals surface area contributed by atoms with E-state index in [9.17, 15) is 13.2 Å². The van der Waals surface area contributed by atoms with E-state index < -0.39 is 16.0 Å². The second kappa shape index (κ2) is 5.53. The van der Waals surface area contributed by atoms with Crippen molar-refractivity contribution in [3.05, 3.63) is 11.4 Å². The van der Waals surface area contributed by atoms with E-state index in [1.54, 1.807) is 6.92 Å². The number of aromatic amines is 1. The van der Waals surface area contributed by atoms with Crippen LogP contribution in [0.15, 0.2) is 4.90 Å². The van der Waals surface area contributed by atoms with Crippen LogP contribution in [0.2, 0.25) is 0 Å². The monoisotopic (exact) mass is 301 g/mol. The number of nitrogens with one attached hydrogen (secondary N) is 1. The van der Waals surface area contributed by atoms with E-state index in [4.69, 9.17) is 9.88 Å². The van der Waals surface area contributed by atoms with E-state index in [0.29, 0.717) is 12.1 Å². The van der Waals surface area contributed by atoms with Crippen molar-refractivity contribution in [1.29, 1.82) is 0 Å². The average Bonchev–Trinajstić information content (AvgIpc) is 3.06. The maximum atomic E-state index is 12.0. The van der Waals surface area contributed by atoms with Gasteiger partial charge in [-0.2, -0.15) is 5.10 Å². The summed E-state index contributed by atoms with van der Waals surface area (Å²) in [5.74, 6) is -0.663. The fourth-order valence-corrected chi connectivity index (χ4v) is 3.04. The Morgan fingerprint density at radius 1 is 1.55 bits per heavy atom. The summed E-state index contributed by atoms with van der Waals surface area (Å²) in [6, 6.07) is 0. The number of H-pyrrole nitrogens is 1. The lowest BCUT2D eigenvalue weighted by atomic mass is 10.2. The molecule has 1 heterocycles. The fourth-order valence-electron chi connectivity index (χ4n) is 2.12. The lowest BCUT2D eigenvalue weighted by Crippen LogP contribution is -2.21. The molecule has 7 nitrogen and oxygen atoms in total. The highest BCUT2D eigenvalue weighted by Crippen LogP contribution is 2.42. The minimum atomic E-state index is -4.01. The quantitative estimate of drug-likeness (QED) is 0.768. The Bertz CT molecular complexity index is 604. The number of carbonyl (C=O) groups excluding carboxylic acids is 1. The second-order valence-electron chi connectivity index (χ2n) is 5.14. The maximum absolute atomic E-state index is 12.0. The van der Waals surface area contributed by atoms with Crippen LogP contribution in [0.25, 0.3) is 0 Å². The first-order valence-electron chi connectivity index (χ1n) is 6.66. The lowest BCUT2D eigenvalue weighted by Gasteiger charge is -2.11. The zero-order valence-corrected chi connectivity index (χ0v) is 12.4. The summed E-state index contributed by atoms with van der Waals surface area (Å²) < 4.78 is 28.6. The van der Waals surface area contributed by atoms with Gasteiger partial charge in [-0.3, -0.25) is 5.10 Å². The van der Waals surface area contributed by atoms with Crippen molar-refractivity contribution in [2.24, 2.45) is 5.14 Å². The van der Waals surface area contributed by atoms with Gasteiger partial charge in [0.25, 0.3) is 0 Å². The van der Waals surface area contributed by atoms with Crippen LogP contribution in [0.1, 0.15) is 61.6 Å². The first-order chi connectivity index (χ1) is 9.34. The van der Waals surface area contributed by atoms with Crippen LogP contribution in [0.3, 0.4) is 0 Å². The summed E-state index contributed by atoms with van der Waals surface area (Å²) in [4.78, 5) is 11.8. The minimum Gasteiger partial charge on any atom is -0.458 e. The van der Waals surface area contributed by atoms with Crippen molar-refractivity contribution >= 4 is 16.0 Å². The van der Waals surface area contributed by atoms with Gasteiger partial charge in [-0.25, -0.2) is 18.4 Å². The molecule has 0 aromatic carbocycles. The Balaban J connectivity index is 2.30. The molecule has 8 heteroatoms. The molecule has 2 rings (SSSR count). The summed E-state index contributed by atoms with van der Waals surface area (Å²) in [5, 5.41) is 11.6. The Hall–Kier alpha value is -1.41. The number of ether oxygens (including phenoxy) is 1. The van der Waals surface area contributed by atoms with Crippen LogP contribution in [0.4, 0.5) is 0 Å². The van der Waals surface area contributed by atoms with E-state index >= 15 is 0 Å². The van der Waals surface area contributed by atoms with Crippen molar-refractivity contribution in [2.45, 2.75) is 56.4 Å². The first kappa shape index (κ1) is 15.0. The van der Waals surface area contributed by atoms with Gasteiger partial charge >= 0.3 is 5.97 Å². The van der Waals surface area contributed by atoms with Gasteiger partial charge in [0.1, 0.15) is 4.90 Å². The predicted molar refractivity (Wildman–Crippen MR) is 71.7 cm³/mol. The second-order valence-corrected chi connectivity index (χ2v) is 6.64. The molecule has 1 saturated carbocycles. The molecule has 20 heavy (non-hydrogen) atoms. The summed E-state index contributed by atoms with van der Waals surface area (Å²) in [5.41, 5.74) is 0.181. The highest BCUT2D eigenvalue weighted by molar-refractivity contribution is 7.89. The minimum absolute atomic E-state index is 0.0884. The molecule has 3 N–H and O–H groups in total. The maximum Gasteiger partial charge on any atom is 0.360 e. The topological polar surface area (TPSA) is 115 Å². The number of esters is 1. The number of rotatable bonds is 6. The molecule has 0 spiro atoms. The van der Waals surface area contributed by atoms with E-state index in [1.807, 2.05) is 6.92 Å². The third kappa shape index (κ3) is 3.18. The zero-order chi connectivity index (χ0) is 14.9. The molecule has 1 unspecified atom stereocenters. The Kier molecular flexibility index (Phi) is 4.14. The number of nitrogens with two attached hydrogens (primary N) is 1. The van der Waals surface area contributed by atoms with E-state index in [1.165, 1.54) is 0 Å². The molecule has 1 aliphatic carbocycles. The van der Waals surface area contributed by atoms with E-state index in [0.717, 1.165) is 19.3 Å². The van der Waals surface area contributed by atoms with Gasteiger partial charge in [0.2, 0.25) is 10.0 Å².